The SMILES string of the molecule is C=CCNC(=O)[C@H]1N(C(=O)[C@@H](O)[C@H](Cc2ccccc2)NC(=O)c2cccnc2C)CSC1(C)C. The largest absolute Gasteiger partial charge is 0.381 e. The van der Waals surface area contributed by atoms with E-state index in [0.717, 1.165) is 5.56 Å². The Hall–Kier alpha value is -3.17. The van der Waals surface area contributed by atoms with Gasteiger partial charge >= 0.3 is 0 Å². The third-order valence-electron chi connectivity index (χ3n) is 6.00. The summed E-state index contributed by atoms with van der Waals surface area (Å²) in [6, 6.07) is 10.9. The van der Waals surface area contributed by atoms with Gasteiger partial charge in [0.2, 0.25) is 5.91 Å². The standard InChI is InChI=1S/C26H32N4O4S/c1-5-13-28-24(33)22-26(3,4)35-16-30(22)25(34)21(31)20(15-18-10-7-6-8-11-18)29-23(32)19-12-9-14-27-17(19)2/h5-12,14,20-22,31H,1,13,15-16H2,2-4H3,(H,28,33)(H,29,32)/t20-,21-,22+/m0/s1. The Morgan fingerprint density at radius 3 is 2.63 bits per heavy atom. The number of benzene rings is 1. The van der Waals surface area contributed by atoms with E-state index in [2.05, 4.69) is 22.2 Å². The zero-order chi connectivity index (χ0) is 25.6. The van der Waals surface area contributed by atoms with Crippen LogP contribution in [0.15, 0.2) is 61.3 Å². The lowest BCUT2D eigenvalue weighted by Gasteiger charge is -2.33. The number of aliphatic hydroxyl groups excluding tert-OH is 1. The molecule has 1 fully saturated rings. The van der Waals surface area contributed by atoms with Gasteiger partial charge in [-0.05, 0) is 44.9 Å². The van der Waals surface area contributed by atoms with Crippen molar-refractivity contribution in [3.05, 3.63) is 78.1 Å². The number of nitrogens with zero attached hydrogens (tertiary/aromatic N) is 2. The van der Waals surface area contributed by atoms with Crippen LogP contribution in [0, 0.1) is 6.92 Å². The van der Waals surface area contributed by atoms with Gasteiger partial charge in [-0.15, -0.1) is 18.3 Å². The molecule has 3 N–H and O–H groups in total. The first kappa shape index (κ1) is 26.4. The molecule has 3 atom stereocenters. The van der Waals surface area contributed by atoms with Crippen LogP contribution in [0.5, 0.6) is 0 Å². The predicted octanol–water partition coefficient (Wildman–Crippen LogP) is 2.07. The van der Waals surface area contributed by atoms with Crippen molar-refractivity contribution in [3.8, 4) is 0 Å². The lowest BCUT2D eigenvalue weighted by molar-refractivity contribution is -0.147. The average Bonchev–Trinajstić information content (AvgIpc) is 3.16. The smallest absolute Gasteiger partial charge is 0.254 e. The highest BCUT2D eigenvalue weighted by molar-refractivity contribution is 8.00. The number of rotatable bonds is 9. The number of hydrogen-bond acceptors (Lipinski definition) is 6. The number of hydrogen-bond donors (Lipinski definition) is 3. The fourth-order valence-corrected chi connectivity index (χ4v) is 5.24. The third-order valence-corrected chi connectivity index (χ3v) is 7.37. The number of aliphatic hydroxyl groups is 1. The minimum absolute atomic E-state index is 0.233. The summed E-state index contributed by atoms with van der Waals surface area (Å²) in [7, 11) is 0. The van der Waals surface area contributed by atoms with Crippen molar-refractivity contribution >= 4 is 29.5 Å². The molecule has 1 aliphatic heterocycles. The van der Waals surface area contributed by atoms with Gasteiger partial charge in [0.25, 0.3) is 11.8 Å². The highest BCUT2D eigenvalue weighted by Gasteiger charge is 2.49. The molecule has 0 aliphatic carbocycles. The molecule has 0 bridgehead atoms. The molecule has 0 radical (unpaired) electrons. The molecule has 3 rings (SSSR count). The molecule has 1 saturated heterocycles. The Bertz CT molecular complexity index is 1080. The average molecular weight is 497 g/mol. The number of carbonyl (C=O) groups excluding carboxylic acids is 3. The van der Waals surface area contributed by atoms with Gasteiger partial charge in [0.1, 0.15) is 6.04 Å². The van der Waals surface area contributed by atoms with Crippen LogP contribution in [0.25, 0.3) is 0 Å². The first-order valence-electron chi connectivity index (χ1n) is 11.4. The van der Waals surface area contributed by atoms with Crippen molar-refractivity contribution < 1.29 is 19.5 Å². The van der Waals surface area contributed by atoms with Crippen LogP contribution in [0.3, 0.4) is 0 Å². The first-order valence-corrected chi connectivity index (χ1v) is 12.4. The van der Waals surface area contributed by atoms with Crippen molar-refractivity contribution in [1.82, 2.24) is 20.5 Å². The summed E-state index contributed by atoms with van der Waals surface area (Å²) < 4.78 is -0.550. The zero-order valence-corrected chi connectivity index (χ0v) is 21.0. The molecule has 1 aliphatic rings. The van der Waals surface area contributed by atoms with Gasteiger partial charge in [-0.2, -0.15) is 0 Å². The van der Waals surface area contributed by atoms with Gasteiger partial charge in [0.15, 0.2) is 6.10 Å². The van der Waals surface area contributed by atoms with Gasteiger partial charge in [-0.3, -0.25) is 19.4 Å². The number of aromatic nitrogens is 1. The van der Waals surface area contributed by atoms with E-state index in [9.17, 15) is 19.5 Å². The second-order valence-corrected chi connectivity index (χ2v) is 10.6. The van der Waals surface area contributed by atoms with Crippen LogP contribution in [-0.2, 0) is 16.0 Å². The Balaban J connectivity index is 1.86. The topological polar surface area (TPSA) is 112 Å². The number of pyridine rings is 1. The van der Waals surface area contributed by atoms with Crippen molar-refractivity contribution in [2.24, 2.45) is 0 Å². The Kier molecular flexibility index (Phi) is 8.69. The number of aryl methyl sites for hydroxylation is 1. The molecule has 186 valence electrons. The van der Waals surface area contributed by atoms with Crippen LogP contribution < -0.4 is 10.6 Å². The van der Waals surface area contributed by atoms with E-state index in [1.54, 1.807) is 31.3 Å². The Morgan fingerprint density at radius 1 is 1.26 bits per heavy atom. The second-order valence-electron chi connectivity index (χ2n) is 8.97. The van der Waals surface area contributed by atoms with Crippen LogP contribution in [-0.4, -0.2) is 68.1 Å². The van der Waals surface area contributed by atoms with Gasteiger partial charge in [0.05, 0.1) is 17.5 Å². The van der Waals surface area contributed by atoms with Crippen LogP contribution in [0.2, 0.25) is 0 Å². The minimum atomic E-state index is -1.56. The summed E-state index contributed by atoms with van der Waals surface area (Å²) in [4.78, 5) is 45.0. The van der Waals surface area contributed by atoms with Gasteiger partial charge in [-0.25, -0.2) is 0 Å². The molecule has 2 aromatic rings. The molecular formula is C26H32N4O4S. The molecule has 35 heavy (non-hydrogen) atoms. The molecule has 0 saturated carbocycles. The number of carbonyl (C=O) groups is 3. The molecular weight excluding hydrogens is 464 g/mol. The highest BCUT2D eigenvalue weighted by Crippen LogP contribution is 2.39. The molecule has 1 aromatic carbocycles. The van der Waals surface area contributed by atoms with Gasteiger partial charge < -0.3 is 20.6 Å². The van der Waals surface area contributed by atoms with E-state index in [-0.39, 0.29) is 24.7 Å². The molecule has 9 heteroatoms. The summed E-state index contributed by atoms with van der Waals surface area (Å²) >= 11 is 1.46. The van der Waals surface area contributed by atoms with Crippen LogP contribution in [0.4, 0.5) is 0 Å². The van der Waals surface area contributed by atoms with E-state index in [1.165, 1.54) is 16.7 Å². The lowest BCUT2D eigenvalue weighted by atomic mass is 9.97. The Morgan fingerprint density at radius 2 is 1.97 bits per heavy atom. The maximum Gasteiger partial charge on any atom is 0.254 e. The van der Waals surface area contributed by atoms with Crippen molar-refractivity contribution in [1.29, 1.82) is 0 Å². The maximum absolute atomic E-state index is 13.5. The fourth-order valence-electron chi connectivity index (χ4n) is 4.10. The molecule has 1 aromatic heterocycles. The second kappa shape index (κ2) is 11.5. The zero-order valence-electron chi connectivity index (χ0n) is 20.2. The molecule has 0 unspecified atom stereocenters. The van der Waals surface area contributed by atoms with E-state index in [0.29, 0.717) is 11.3 Å². The first-order chi connectivity index (χ1) is 16.7. The predicted molar refractivity (Wildman–Crippen MR) is 137 cm³/mol. The maximum atomic E-state index is 13.5. The summed E-state index contributed by atoms with van der Waals surface area (Å²) in [6.45, 7) is 9.40. The molecule has 2 heterocycles. The molecule has 0 spiro atoms. The van der Waals surface area contributed by atoms with Crippen LogP contribution in [0.1, 0.15) is 35.5 Å². The number of thioether (sulfide) groups is 1. The number of amides is 3. The minimum Gasteiger partial charge on any atom is -0.381 e. The summed E-state index contributed by atoms with van der Waals surface area (Å²) in [5.41, 5.74) is 1.76. The van der Waals surface area contributed by atoms with E-state index in [4.69, 9.17) is 0 Å². The summed E-state index contributed by atoms with van der Waals surface area (Å²) in [6.07, 6.45) is 1.84. The van der Waals surface area contributed by atoms with Crippen molar-refractivity contribution in [3.63, 3.8) is 0 Å². The van der Waals surface area contributed by atoms with Gasteiger partial charge in [-0.1, -0.05) is 36.4 Å². The monoisotopic (exact) mass is 496 g/mol. The fraction of sp³-hybridized carbons (Fsp3) is 0.385. The van der Waals surface area contributed by atoms with Crippen LogP contribution >= 0.6 is 11.8 Å². The van der Waals surface area contributed by atoms with Crippen molar-refractivity contribution in [2.75, 3.05) is 12.4 Å². The summed E-state index contributed by atoms with van der Waals surface area (Å²) in [5.74, 6) is -1.09. The quantitative estimate of drug-likeness (QED) is 0.459. The van der Waals surface area contributed by atoms with E-state index in [1.807, 2.05) is 44.2 Å². The van der Waals surface area contributed by atoms with Gasteiger partial charge in [0, 0.05) is 23.2 Å². The molecule has 3 amide bonds. The number of nitrogens with one attached hydrogen (secondary N) is 2. The molecule has 8 nitrogen and oxygen atoms in total. The van der Waals surface area contributed by atoms with Crippen molar-refractivity contribution in [2.45, 2.75) is 50.1 Å². The third kappa shape index (κ3) is 6.29. The van der Waals surface area contributed by atoms with E-state index >= 15 is 0 Å². The summed E-state index contributed by atoms with van der Waals surface area (Å²) in [5, 5.41) is 16.8. The lowest BCUT2D eigenvalue weighted by Crippen LogP contribution is -2.58. The van der Waals surface area contributed by atoms with E-state index < -0.39 is 34.7 Å². The normalized spacial score (nSPS) is 18.4. The highest BCUT2D eigenvalue weighted by atomic mass is 32.2. The Labute approximate surface area is 210 Å².